The Bertz CT molecular complexity index is 1310. The van der Waals surface area contributed by atoms with E-state index in [0.29, 0.717) is 23.6 Å². The highest BCUT2D eigenvalue weighted by molar-refractivity contribution is 5.94. The van der Waals surface area contributed by atoms with Crippen molar-refractivity contribution < 1.29 is 13.9 Å². The molecule has 0 bridgehead atoms. The van der Waals surface area contributed by atoms with Gasteiger partial charge in [0.25, 0.3) is 0 Å². The maximum absolute atomic E-state index is 15.1. The van der Waals surface area contributed by atoms with Crippen LogP contribution < -0.4 is 15.2 Å². The summed E-state index contributed by atoms with van der Waals surface area (Å²) in [5.41, 5.74) is 7.88. The highest BCUT2D eigenvalue weighted by Crippen LogP contribution is 2.45. The molecule has 0 aromatic heterocycles. The summed E-state index contributed by atoms with van der Waals surface area (Å²) < 4.78 is 27.2. The average Bonchev–Trinajstić information content (AvgIpc) is 2.83. The Balaban J connectivity index is 1.76. The predicted octanol–water partition coefficient (Wildman–Crippen LogP) is 5.80. The van der Waals surface area contributed by atoms with Crippen LogP contribution in [0.2, 0.25) is 0 Å². The number of ether oxygens (including phenoxy) is 2. The van der Waals surface area contributed by atoms with Gasteiger partial charge >= 0.3 is 0 Å². The van der Waals surface area contributed by atoms with Crippen LogP contribution in [0.5, 0.6) is 11.5 Å². The molecule has 1 aliphatic rings. The second-order valence-electron chi connectivity index (χ2n) is 7.58. The van der Waals surface area contributed by atoms with Crippen LogP contribution in [0.4, 0.5) is 4.39 Å². The third-order valence-corrected chi connectivity index (χ3v) is 5.89. The van der Waals surface area contributed by atoms with Gasteiger partial charge in [-0.05, 0) is 47.2 Å². The molecule has 154 valence electrons. The number of rotatable bonds is 4. The third-order valence-electron chi connectivity index (χ3n) is 5.89. The van der Waals surface area contributed by atoms with Crippen molar-refractivity contribution in [1.82, 2.24) is 0 Å². The Hall–Kier alpha value is -3.63. The van der Waals surface area contributed by atoms with E-state index in [1.807, 2.05) is 60.7 Å². The van der Waals surface area contributed by atoms with E-state index in [0.717, 1.165) is 27.5 Å². The van der Waals surface area contributed by atoms with Crippen LogP contribution >= 0.6 is 0 Å². The van der Waals surface area contributed by atoms with Crippen LogP contribution in [0.3, 0.4) is 0 Å². The molecule has 1 aliphatic heterocycles. The van der Waals surface area contributed by atoms with E-state index in [2.05, 4.69) is 12.1 Å². The van der Waals surface area contributed by atoms with Gasteiger partial charge in [-0.3, -0.25) is 0 Å². The lowest BCUT2D eigenvalue weighted by Crippen LogP contribution is -2.35. The molecule has 31 heavy (non-hydrogen) atoms. The molecule has 0 spiro atoms. The molecular weight excluding hydrogens is 389 g/mol. The van der Waals surface area contributed by atoms with Gasteiger partial charge in [-0.25, -0.2) is 4.39 Å². The van der Waals surface area contributed by atoms with E-state index < -0.39 is 5.60 Å². The Labute approximate surface area is 180 Å². The van der Waals surface area contributed by atoms with Crippen LogP contribution in [0.15, 0.2) is 84.9 Å². The van der Waals surface area contributed by atoms with Gasteiger partial charge in [-0.15, -0.1) is 0 Å². The van der Waals surface area contributed by atoms with Crippen molar-refractivity contribution in [2.24, 2.45) is 5.73 Å². The van der Waals surface area contributed by atoms with Crippen molar-refractivity contribution in [3.05, 3.63) is 113 Å². The van der Waals surface area contributed by atoms with Crippen molar-refractivity contribution in [2.75, 3.05) is 7.11 Å². The lowest BCUT2D eigenvalue weighted by atomic mass is 9.82. The molecule has 3 nitrogen and oxygen atoms in total. The molecule has 0 radical (unpaired) electrons. The van der Waals surface area contributed by atoms with Crippen molar-refractivity contribution in [3.8, 4) is 11.5 Å². The van der Waals surface area contributed by atoms with Crippen LogP contribution in [0.1, 0.15) is 22.3 Å². The van der Waals surface area contributed by atoms with Crippen LogP contribution in [0, 0.1) is 5.82 Å². The minimum Gasteiger partial charge on any atom is -0.496 e. The summed E-state index contributed by atoms with van der Waals surface area (Å²) in [5.74, 6) is 1.07. The van der Waals surface area contributed by atoms with Gasteiger partial charge in [0.15, 0.2) is 5.60 Å². The van der Waals surface area contributed by atoms with E-state index in [1.54, 1.807) is 19.2 Å². The fraction of sp³-hybridized carbons (Fsp3) is 0.111. The SMILES string of the molecule is COc1ccc(C2(c3ccccc3F)C=Cc3c(ccc4ccccc34)O2)cc1CN. The second-order valence-corrected chi connectivity index (χ2v) is 7.58. The number of halogens is 1. The molecule has 4 aromatic rings. The first-order chi connectivity index (χ1) is 15.2. The molecule has 5 rings (SSSR count). The van der Waals surface area contributed by atoms with Crippen LogP contribution in [0.25, 0.3) is 16.8 Å². The topological polar surface area (TPSA) is 44.5 Å². The zero-order valence-corrected chi connectivity index (χ0v) is 17.1. The number of hydrogen-bond donors (Lipinski definition) is 1. The van der Waals surface area contributed by atoms with E-state index in [-0.39, 0.29) is 5.82 Å². The Morgan fingerprint density at radius 1 is 0.968 bits per heavy atom. The smallest absolute Gasteiger partial charge is 0.180 e. The first-order valence-corrected chi connectivity index (χ1v) is 10.2. The van der Waals surface area contributed by atoms with Crippen molar-refractivity contribution in [2.45, 2.75) is 12.1 Å². The van der Waals surface area contributed by atoms with Gasteiger partial charge in [0, 0.05) is 28.8 Å². The third kappa shape index (κ3) is 3.07. The summed E-state index contributed by atoms with van der Waals surface area (Å²) in [7, 11) is 1.61. The first kappa shape index (κ1) is 19.3. The number of benzene rings is 4. The number of hydrogen-bond acceptors (Lipinski definition) is 3. The van der Waals surface area contributed by atoms with Crippen molar-refractivity contribution in [1.29, 1.82) is 0 Å². The molecule has 1 atom stereocenters. The molecule has 0 saturated carbocycles. The van der Waals surface area contributed by atoms with E-state index in [9.17, 15) is 0 Å². The number of methoxy groups -OCH3 is 1. The predicted molar refractivity (Wildman–Crippen MR) is 122 cm³/mol. The number of nitrogens with two attached hydrogens (primary N) is 1. The molecule has 2 N–H and O–H groups in total. The molecule has 1 unspecified atom stereocenters. The zero-order valence-electron chi connectivity index (χ0n) is 17.1. The van der Waals surface area contributed by atoms with Crippen LogP contribution in [-0.2, 0) is 12.1 Å². The standard InChI is InChI=1S/C27H22FNO2/c1-30-25-13-11-20(16-19(25)17-29)27(23-8-4-5-9-24(23)28)15-14-22-21-7-3-2-6-18(21)10-12-26(22)31-27/h2-16H,17,29H2,1H3. The lowest BCUT2D eigenvalue weighted by Gasteiger charge is -2.37. The molecule has 0 fully saturated rings. The molecular formula is C27H22FNO2. The second kappa shape index (κ2) is 7.56. The first-order valence-electron chi connectivity index (χ1n) is 10.2. The van der Waals surface area contributed by atoms with Gasteiger partial charge < -0.3 is 15.2 Å². The summed E-state index contributed by atoms with van der Waals surface area (Å²) in [6.45, 7) is 0.301. The monoisotopic (exact) mass is 411 g/mol. The summed E-state index contributed by atoms with van der Waals surface area (Å²) in [5, 5.41) is 2.22. The maximum atomic E-state index is 15.1. The van der Waals surface area contributed by atoms with E-state index >= 15 is 4.39 Å². The zero-order chi connectivity index (χ0) is 21.4. The van der Waals surface area contributed by atoms with Gasteiger partial charge in [0.1, 0.15) is 17.3 Å². The Morgan fingerprint density at radius 2 is 1.77 bits per heavy atom. The molecule has 0 saturated heterocycles. The van der Waals surface area contributed by atoms with E-state index in [4.69, 9.17) is 15.2 Å². The minimum absolute atomic E-state index is 0.301. The summed E-state index contributed by atoms with van der Waals surface area (Å²) in [6.07, 6.45) is 3.96. The van der Waals surface area contributed by atoms with Gasteiger partial charge in [-0.1, -0.05) is 54.6 Å². The number of fused-ring (bicyclic) bond motifs is 3. The lowest BCUT2D eigenvalue weighted by molar-refractivity contribution is 0.156. The van der Waals surface area contributed by atoms with Gasteiger partial charge in [-0.2, -0.15) is 0 Å². The fourth-order valence-electron chi connectivity index (χ4n) is 4.33. The maximum Gasteiger partial charge on any atom is 0.180 e. The molecule has 1 heterocycles. The van der Waals surface area contributed by atoms with Crippen molar-refractivity contribution in [3.63, 3.8) is 0 Å². The summed E-state index contributed by atoms with van der Waals surface area (Å²) in [6, 6.07) is 24.5. The average molecular weight is 411 g/mol. The van der Waals surface area contributed by atoms with Crippen molar-refractivity contribution >= 4 is 16.8 Å². The van der Waals surface area contributed by atoms with Crippen LogP contribution in [-0.4, -0.2) is 7.11 Å². The Morgan fingerprint density at radius 3 is 2.58 bits per heavy atom. The molecule has 4 aromatic carbocycles. The Kier molecular flexibility index (Phi) is 4.72. The van der Waals surface area contributed by atoms with Gasteiger partial charge in [0.2, 0.25) is 0 Å². The summed E-state index contributed by atoms with van der Waals surface area (Å²) >= 11 is 0. The summed E-state index contributed by atoms with van der Waals surface area (Å²) in [4.78, 5) is 0. The quantitative estimate of drug-likeness (QED) is 0.462. The fourth-order valence-corrected chi connectivity index (χ4v) is 4.33. The minimum atomic E-state index is -1.13. The molecule has 4 heteroatoms. The van der Waals surface area contributed by atoms with E-state index in [1.165, 1.54) is 6.07 Å². The molecule has 0 amide bonds. The largest absolute Gasteiger partial charge is 0.496 e. The normalized spacial score (nSPS) is 17.3. The molecule has 0 aliphatic carbocycles. The highest BCUT2D eigenvalue weighted by Gasteiger charge is 2.39. The highest BCUT2D eigenvalue weighted by atomic mass is 19.1. The van der Waals surface area contributed by atoms with Gasteiger partial charge in [0.05, 0.1) is 7.11 Å².